The maximum absolute atomic E-state index is 11.0. The molecule has 18 heavy (non-hydrogen) atoms. The summed E-state index contributed by atoms with van der Waals surface area (Å²) in [6.45, 7) is 4.56. The van der Waals surface area contributed by atoms with Crippen molar-refractivity contribution < 1.29 is 9.63 Å². The molecule has 0 aliphatic heterocycles. The smallest absolute Gasteiger partial charge is 0.243 e. The molecular formula is C14H25NO2S. The third kappa shape index (κ3) is 13.2. The lowest BCUT2D eigenvalue weighted by molar-refractivity contribution is -0.133. The highest BCUT2D eigenvalue weighted by Crippen LogP contribution is 2.04. The second kappa shape index (κ2) is 14.2. The molecule has 1 rings (SSSR count). The molecule has 1 aromatic heterocycles. The Morgan fingerprint density at radius 3 is 2.28 bits per heavy atom. The first kappa shape index (κ1) is 17.1. The van der Waals surface area contributed by atoms with E-state index in [2.05, 4.69) is 12.4 Å². The van der Waals surface area contributed by atoms with Crippen molar-refractivity contribution in [2.75, 3.05) is 6.61 Å². The Labute approximate surface area is 115 Å². The molecule has 1 aromatic rings. The first-order chi connectivity index (χ1) is 8.81. The van der Waals surface area contributed by atoms with E-state index in [1.165, 1.54) is 19.3 Å². The fourth-order valence-corrected chi connectivity index (χ4v) is 1.77. The number of carbonyl (C=O) groups is 1. The predicted molar refractivity (Wildman–Crippen MR) is 77.5 cm³/mol. The molecule has 0 saturated heterocycles. The van der Waals surface area contributed by atoms with Gasteiger partial charge in [-0.15, -0.1) is 0 Å². The number of thiophene rings is 1. The highest BCUT2D eigenvalue weighted by atomic mass is 32.1. The summed E-state index contributed by atoms with van der Waals surface area (Å²) in [5.74, 6) is -0.00153. The zero-order valence-corrected chi connectivity index (χ0v) is 12.3. The van der Waals surface area contributed by atoms with E-state index in [-0.39, 0.29) is 5.91 Å². The van der Waals surface area contributed by atoms with Crippen LogP contribution >= 0.6 is 11.3 Å². The molecule has 4 heteroatoms. The van der Waals surface area contributed by atoms with Crippen molar-refractivity contribution in [3.05, 3.63) is 22.9 Å². The number of unbranched alkanes of at least 4 members (excludes halogenated alkanes) is 4. The van der Waals surface area contributed by atoms with Crippen LogP contribution in [-0.4, -0.2) is 12.5 Å². The Hall–Kier alpha value is -0.870. The summed E-state index contributed by atoms with van der Waals surface area (Å²) in [6.07, 6.45) is 6.45. The number of rotatable bonds is 8. The molecule has 1 N–H and O–H groups in total. The van der Waals surface area contributed by atoms with E-state index in [1.807, 2.05) is 29.8 Å². The first-order valence-corrected chi connectivity index (χ1v) is 7.63. The van der Waals surface area contributed by atoms with Crippen LogP contribution in [0, 0.1) is 0 Å². The topological polar surface area (TPSA) is 38.3 Å². The normalized spacial score (nSPS) is 9.44. The molecule has 0 saturated carbocycles. The zero-order chi connectivity index (χ0) is 13.5. The SMILES string of the molecule is CCCCCCCC(=O)NOCC.c1ccsc1. The van der Waals surface area contributed by atoms with Gasteiger partial charge in [-0.2, -0.15) is 11.3 Å². The molecule has 0 aliphatic carbocycles. The quantitative estimate of drug-likeness (QED) is 0.569. The molecule has 0 atom stereocenters. The van der Waals surface area contributed by atoms with Gasteiger partial charge >= 0.3 is 0 Å². The molecule has 0 aliphatic rings. The van der Waals surface area contributed by atoms with Gasteiger partial charge in [0.25, 0.3) is 0 Å². The van der Waals surface area contributed by atoms with Crippen molar-refractivity contribution in [3.63, 3.8) is 0 Å². The minimum Gasteiger partial charge on any atom is -0.274 e. The lowest BCUT2D eigenvalue weighted by atomic mass is 10.1. The second-order valence-corrected chi connectivity index (χ2v) is 4.73. The lowest BCUT2D eigenvalue weighted by Gasteiger charge is -2.02. The minimum atomic E-state index is -0.00153. The van der Waals surface area contributed by atoms with Crippen molar-refractivity contribution >= 4 is 17.2 Å². The average Bonchev–Trinajstić information content (AvgIpc) is 2.95. The summed E-state index contributed by atoms with van der Waals surface area (Å²) in [6, 6.07) is 4.04. The molecule has 0 bridgehead atoms. The highest BCUT2D eigenvalue weighted by Gasteiger charge is 1.99. The van der Waals surface area contributed by atoms with E-state index in [1.54, 1.807) is 11.3 Å². The van der Waals surface area contributed by atoms with Gasteiger partial charge in [-0.05, 0) is 24.1 Å². The van der Waals surface area contributed by atoms with Gasteiger partial charge in [0.1, 0.15) is 0 Å². The average molecular weight is 271 g/mol. The summed E-state index contributed by atoms with van der Waals surface area (Å²) in [5.41, 5.74) is 2.38. The molecule has 0 radical (unpaired) electrons. The molecule has 0 unspecified atom stereocenters. The van der Waals surface area contributed by atoms with Gasteiger partial charge in [0.15, 0.2) is 0 Å². The van der Waals surface area contributed by atoms with E-state index in [0.29, 0.717) is 13.0 Å². The van der Waals surface area contributed by atoms with Crippen LogP contribution < -0.4 is 5.48 Å². The Morgan fingerprint density at radius 1 is 1.11 bits per heavy atom. The van der Waals surface area contributed by atoms with E-state index in [0.717, 1.165) is 12.8 Å². The van der Waals surface area contributed by atoms with Gasteiger partial charge in [0.05, 0.1) is 6.61 Å². The molecule has 104 valence electrons. The van der Waals surface area contributed by atoms with E-state index in [4.69, 9.17) is 4.84 Å². The monoisotopic (exact) mass is 271 g/mol. The molecule has 1 amide bonds. The van der Waals surface area contributed by atoms with Crippen LogP contribution in [0.4, 0.5) is 0 Å². The number of nitrogens with one attached hydrogen (secondary N) is 1. The van der Waals surface area contributed by atoms with E-state index in [9.17, 15) is 4.79 Å². The van der Waals surface area contributed by atoms with Gasteiger partial charge < -0.3 is 0 Å². The number of hydrogen-bond donors (Lipinski definition) is 1. The lowest BCUT2D eigenvalue weighted by Crippen LogP contribution is -2.23. The third-order valence-electron chi connectivity index (χ3n) is 2.26. The largest absolute Gasteiger partial charge is 0.274 e. The van der Waals surface area contributed by atoms with Crippen LogP contribution in [0.25, 0.3) is 0 Å². The molecule has 1 heterocycles. The van der Waals surface area contributed by atoms with Crippen LogP contribution in [0.2, 0.25) is 0 Å². The second-order valence-electron chi connectivity index (χ2n) is 3.92. The maximum atomic E-state index is 11.0. The van der Waals surface area contributed by atoms with Gasteiger partial charge in [0, 0.05) is 6.42 Å². The van der Waals surface area contributed by atoms with Crippen molar-refractivity contribution in [3.8, 4) is 0 Å². The van der Waals surface area contributed by atoms with Crippen LogP contribution in [0.1, 0.15) is 52.4 Å². The first-order valence-electron chi connectivity index (χ1n) is 6.69. The van der Waals surface area contributed by atoms with Gasteiger partial charge in [-0.25, -0.2) is 5.48 Å². The molecule has 3 nitrogen and oxygen atoms in total. The molecule has 0 aromatic carbocycles. The highest BCUT2D eigenvalue weighted by molar-refractivity contribution is 7.07. The summed E-state index contributed by atoms with van der Waals surface area (Å²) in [4.78, 5) is 15.8. The summed E-state index contributed by atoms with van der Waals surface area (Å²) >= 11 is 1.71. The van der Waals surface area contributed by atoms with Gasteiger partial charge in [-0.1, -0.05) is 44.7 Å². The molecule has 0 fully saturated rings. The zero-order valence-electron chi connectivity index (χ0n) is 11.5. The van der Waals surface area contributed by atoms with Gasteiger partial charge in [-0.3, -0.25) is 9.63 Å². The van der Waals surface area contributed by atoms with Crippen molar-refractivity contribution in [2.45, 2.75) is 52.4 Å². The van der Waals surface area contributed by atoms with Crippen molar-refractivity contribution in [1.82, 2.24) is 5.48 Å². The fourth-order valence-electron chi connectivity index (χ4n) is 1.32. The van der Waals surface area contributed by atoms with Gasteiger partial charge in [0.2, 0.25) is 5.91 Å². The van der Waals surface area contributed by atoms with Crippen LogP contribution in [0.5, 0.6) is 0 Å². The maximum Gasteiger partial charge on any atom is 0.243 e. The third-order valence-corrected chi connectivity index (χ3v) is 2.89. The van der Waals surface area contributed by atoms with Crippen LogP contribution in [-0.2, 0) is 9.63 Å². The summed E-state index contributed by atoms with van der Waals surface area (Å²) < 4.78 is 0. The number of hydroxylamine groups is 1. The summed E-state index contributed by atoms with van der Waals surface area (Å²) in [5, 5.41) is 4.08. The summed E-state index contributed by atoms with van der Waals surface area (Å²) in [7, 11) is 0. The number of carbonyl (C=O) groups excluding carboxylic acids is 1. The Morgan fingerprint density at radius 2 is 1.78 bits per heavy atom. The van der Waals surface area contributed by atoms with E-state index >= 15 is 0 Å². The Balaban J connectivity index is 0.000000473. The fraction of sp³-hybridized carbons (Fsp3) is 0.643. The minimum absolute atomic E-state index is 0.00153. The van der Waals surface area contributed by atoms with Crippen molar-refractivity contribution in [1.29, 1.82) is 0 Å². The molecule has 0 spiro atoms. The predicted octanol–water partition coefficient (Wildman–Crippen LogP) is 4.16. The Bertz CT molecular complexity index is 246. The molecular weight excluding hydrogens is 246 g/mol. The standard InChI is InChI=1S/C10H21NO2.C4H4S/c1-3-5-6-7-8-9-10(12)11-13-4-2;1-2-4-5-3-1/h3-9H2,1-2H3,(H,11,12);1-4H. The van der Waals surface area contributed by atoms with Crippen molar-refractivity contribution in [2.24, 2.45) is 0 Å². The Kier molecular flexibility index (Phi) is 13.5. The number of amides is 1. The number of hydrogen-bond acceptors (Lipinski definition) is 3. The van der Waals surface area contributed by atoms with E-state index < -0.39 is 0 Å². The van der Waals surface area contributed by atoms with Crippen LogP contribution in [0.15, 0.2) is 22.9 Å². The van der Waals surface area contributed by atoms with Crippen LogP contribution in [0.3, 0.4) is 0 Å².